The fraction of sp³-hybridized carbons (Fsp3) is 0.278. The molecule has 0 atom stereocenters. The van der Waals surface area contributed by atoms with Gasteiger partial charge in [0.1, 0.15) is 11.6 Å². The van der Waals surface area contributed by atoms with Crippen molar-refractivity contribution in [1.82, 2.24) is 4.90 Å². The number of methoxy groups -OCH3 is 1. The van der Waals surface area contributed by atoms with Crippen LogP contribution in [0, 0.1) is 5.82 Å². The minimum atomic E-state index is -0.256. The molecule has 2 aromatic rings. The zero-order valence-electron chi connectivity index (χ0n) is 12.9. The molecule has 0 heterocycles. The summed E-state index contributed by atoms with van der Waals surface area (Å²) < 4.78 is 18.6. The summed E-state index contributed by atoms with van der Waals surface area (Å²) in [5, 5.41) is 0. The van der Waals surface area contributed by atoms with Gasteiger partial charge in [-0.05, 0) is 35.7 Å². The first-order chi connectivity index (χ1) is 10.6. The van der Waals surface area contributed by atoms with Gasteiger partial charge in [0.05, 0.1) is 7.11 Å². The number of amides is 1. The number of halogens is 1. The molecule has 22 heavy (non-hydrogen) atoms. The smallest absolute Gasteiger partial charge is 0.222 e. The Hall–Kier alpha value is -2.36. The van der Waals surface area contributed by atoms with Crippen LogP contribution < -0.4 is 4.74 Å². The summed E-state index contributed by atoms with van der Waals surface area (Å²) >= 11 is 0. The van der Waals surface area contributed by atoms with E-state index in [4.69, 9.17) is 4.74 Å². The minimum Gasteiger partial charge on any atom is -0.497 e. The van der Waals surface area contributed by atoms with Crippen molar-refractivity contribution < 1.29 is 13.9 Å². The highest BCUT2D eigenvalue weighted by atomic mass is 19.1. The normalized spacial score (nSPS) is 10.3. The van der Waals surface area contributed by atoms with Gasteiger partial charge in [0.2, 0.25) is 5.91 Å². The lowest BCUT2D eigenvalue weighted by molar-refractivity contribution is -0.130. The summed E-state index contributed by atoms with van der Waals surface area (Å²) in [5.74, 6) is 0.532. The number of nitrogens with zero attached hydrogens (tertiary/aromatic N) is 1. The third-order valence-electron chi connectivity index (χ3n) is 3.57. The lowest BCUT2D eigenvalue weighted by Crippen LogP contribution is -2.26. The van der Waals surface area contributed by atoms with E-state index < -0.39 is 0 Å². The van der Waals surface area contributed by atoms with Gasteiger partial charge in [0, 0.05) is 20.0 Å². The largest absolute Gasteiger partial charge is 0.497 e. The molecular weight excluding hydrogens is 281 g/mol. The minimum absolute atomic E-state index is 0.000860. The summed E-state index contributed by atoms with van der Waals surface area (Å²) in [4.78, 5) is 13.8. The Morgan fingerprint density at radius 2 is 1.82 bits per heavy atom. The monoisotopic (exact) mass is 301 g/mol. The molecular formula is C18H20FNO2. The molecule has 116 valence electrons. The van der Waals surface area contributed by atoms with Gasteiger partial charge in [-0.25, -0.2) is 4.39 Å². The number of ether oxygens (including phenoxy) is 1. The van der Waals surface area contributed by atoms with Crippen molar-refractivity contribution in [3.8, 4) is 5.75 Å². The second kappa shape index (κ2) is 7.59. The molecule has 3 nitrogen and oxygen atoms in total. The maximum absolute atomic E-state index is 13.5. The van der Waals surface area contributed by atoms with E-state index in [-0.39, 0.29) is 11.7 Å². The first-order valence-corrected chi connectivity index (χ1v) is 7.20. The Bertz CT molecular complexity index is 625. The van der Waals surface area contributed by atoms with Crippen LogP contribution in [0.1, 0.15) is 17.5 Å². The molecule has 0 spiro atoms. The van der Waals surface area contributed by atoms with Crippen molar-refractivity contribution in [3.63, 3.8) is 0 Å². The summed E-state index contributed by atoms with van der Waals surface area (Å²) in [5.41, 5.74) is 1.61. The second-order valence-corrected chi connectivity index (χ2v) is 5.19. The molecule has 0 aliphatic rings. The van der Waals surface area contributed by atoms with Crippen LogP contribution in [0.15, 0.2) is 48.5 Å². The molecule has 2 rings (SSSR count). The van der Waals surface area contributed by atoms with Crippen molar-refractivity contribution >= 4 is 5.91 Å². The number of hydrogen-bond donors (Lipinski definition) is 0. The van der Waals surface area contributed by atoms with Crippen molar-refractivity contribution in [2.45, 2.75) is 19.4 Å². The van der Waals surface area contributed by atoms with E-state index >= 15 is 0 Å². The van der Waals surface area contributed by atoms with E-state index in [1.54, 1.807) is 37.3 Å². The zero-order valence-corrected chi connectivity index (χ0v) is 12.9. The van der Waals surface area contributed by atoms with Crippen LogP contribution in [-0.4, -0.2) is 25.0 Å². The average molecular weight is 301 g/mol. The Morgan fingerprint density at radius 3 is 2.45 bits per heavy atom. The fourth-order valence-corrected chi connectivity index (χ4v) is 2.23. The van der Waals surface area contributed by atoms with Gasteiger partial charge in [0.15, 0.2) is 0 Å². The Labute approximate surface area is 130 Å². The Balaban J connectivity index is 1.87. The number of rotatable bonds is 6. The quantitative estimate of drug-likeness (QED) is 0.818. The summed E-state index contributed by atoms with van der Waals surface area (Å²) in [6, 6.07) is 14.2. The van der Waals surface area contributed by atoms with Gasteiger partial charge in [-0.3, -0.25) is 4.79 Å². The molecule has 1 amide bonds. The lowest BCUT2D eigenvalue weighted by Gasteiger charge is -2.17. The molecule has 0 aliphatic carbocycles. The van der Waals surface area contributed by atoms with Crippen molar-refractivity contribution in [2.75, 3.05) is 14.2 Å². The number of benzene rings is 2. The second-order valence-electron chi connectivity index (χ2n) is 5.19. The van der Waals surface area contributed by atoms with Crippen LogP contribution in [0.5, 0.6) is 5.75 Å². The molecule has 0 saturated heterocycles. The zero-order chi connectivity index (χ0) is 15.9. The molecule has 0 saturated carbocycles. The maximum Gasteiger partial charge on any atom is 0.222 e. The number of aryl methyl sites for hydroxylation is 1. The van der Waals surface area contributed by atoms with Crippen LogP contribution in [0.2, 0.25) is 0 Å². The number of hydrogen-bond acceptors (Lipinski definition) is 2. The Kier molecular flexibility index (Phi) is 5.53. The van der Waals surface area contributed by atoms with Crippen LogP contribution in [0.4, 0.5) is 4.39 Å². The molecule has 0 fully saturated rings. The highest BCUT2D eigenvalue weighted by Gasteiger charge is 2.11. The molecule has 0 bridgehead atoms. The van der Waals surface area contributed by atoms with Gasteiger partial charge in [0.25, 0.3) is 0 Å². The van der Waals surface area contributed by atoms with E-state index in [0.29, 0.717) is 24.9 Å². The topological polar surface area (TPSA) is 29.5 Å². The summed E-state index contributed by atoms with van der Waals surface area (Å²) in [7, 11) is 3.38. The van der Waals surface area contributed by atoms with Crippen LogP contribution in [0.25, 0.3) is 0 Å². The van der Waals surface area contributed by atoms with Crippen LogP contribution in [-0.2, 0) is 17.8 Å². The summed E-state index contributed by atoms with van der Waals surface area (Å²) in [6.45, 7) is 0.528. The Morgan fingerprint density at radius 1 is 1.14 bits per heavy atom. The van der Waals surface area contributed by atoms with Crippen LogP contribution in [0.3, 0.4) is 0 Å². The van der Waals surface area contributed by atoms with Gasteiger partial charge >= 0.3 is 0 Å². The predicted octanol–water partition coefficient (Wildman–Crippen LogP) is 3.43. The van der Waals surface area contributed by atoms with Crippen molar-refractivity contribution in [1.29, 1.82) is 0 Å². The molecule has 4 heteroatoms. The standard InChI is InChI=1S/C18H20FNO2/c1-20(13-14-7-10-16(22-2)11-8-14)18(21)12-9-15-5-3-4-6-17(15)19/h3-8,10-11H,9,12-13H2,1-2H3. The third kappa shape index (κ3) is 4.32. The van der Waals surface area contributed by atoms with E-state index in [1.165, 1.54) is 6.07 Å². The molecule has 0 radical (unpaired) electrons. The first kappa shape index (κ1) is 16.0. The fourth-order valence-electron chi connectivity index (χ4n) is 2.23. The van der Waals surface area contributed by atoms with Crippen molar-refractivity contribution in [2.24, 2.45) is 0 Å². The van der Waals surface area contributed by atoms with E-state index in [9.17, 15) is 9.18 Å². The van der Waals surface area contributed by atoms with Gasteiger partial charge < -0.3 is 9.64 Å². The first-order valence-electron chi connectivity index (χ1n) is 7.20. The maximum atomic E-state index is 13.5. The van der Waals surface area contributed by atoms with Gasteiger partial charge in [-0.2, -0.15) is 0 Å². The van der Waals surface area contributed by atoms with E-state index in [2.05, 4.69) is 0 Å². The summed E-state index contributed by atoms with van der Waals surface area (Å²) in [6.07, 6.45) is 0.714. The molecule has 0 unspecified atom stereocenters. The highest BCUT2D eigenvalue weighted by molar-refractivity contribution is 5.76. The van der Waals surface area contributed by atoms with E-state index in [0.717, 1.165) is 11.3 Å². The molecule has 0 N–H and O–H groups in total. The molecule has 2 aromatic carbocycles. The third-order valence-corrected chi connectivity index (χ3v) is 3.57. The lowest BCUT2D eigenvalue weighted by atomic mass is 10.1. The average Bonchev–Trinajstić information content (AvgIpc) is 2.54. The van der Waals surface area contributed by atoms with Gasteiger partial charge in [-0.15, -0.1) is 0 Å². The SMILES string of the molecule is COc1ccc(CN(C)C(=O)CCc2ccccc2F)cc1. The molecule has 0 aliphatic heterocycles. The molecule has 0 aromatic heterocycles. The van der Waals surface area contributed by atoms with Gasteiger partial charge in [-0.1, -0.05) is 30.3 Å². The predicted molar refractivity (Wildman–Crippen MR) is 84.2 cm³/mol. The van der Waals surface area contributed by atoms with E-state index in [1.807, 2.05) is 24.3 Å². The number of carbonyl (C=O) groups excluding carboxylic acids is 1. The number of carbonyl (C=O) groups is 1. The highest BCUT2D eigenvalue weighted by Crippen LogP contribution is 2.14. The van der Waals surface area contributed by atoms with Crippen LogP contribution >= 0.6 is 0 Å². The van der Waals surface area contributed by atoms with Crippen molar-refractivity contribution in [3.05, 3.63) is 65.5 Å².